The van der Waals surface area contributed by atoms with E-state index in [0.29, 0.717) is 12.3 Å². The van der Waals surface area contributed by atoms with E-state index in [1.54, 1.807) is 0 Å². The van der Waals surface area contributed by atoms with E-state index in [-0.39, 0.29) is 29.9 Å². The summed E-state index contributed by atoms with van der Waals surface area (Å²) < 4.78 is 0. The topological polar surface area (TPSA) is 55.1 Å². The van der Waals surface area contributed by atoms with Gasteiger partial charge >= 0.3 is 0 Å². The van der Waals surface area contributed by atoms with Gasteiger partial charge in [0.1, 0.15) is 0 Å². The average molecular weight is 275 g/mol. The molecule has 2 fully saturated rings. The molecule has 0 bridgehead atoms. The van der Waals surface area contributed by atoms with Gasteiger partial charge in [0, 0.05) is 18.0 Å². The molecule has 0 spiro atoms. The van der Waals surface area contributed by atoms with Gasteiger partial charge in [0.05, 0.1) is 0 Å². The first-order valence-corrected chi connectivity index (χ1v) is 7.22. The number of nitrogens with two attached hydrogens (primary N) is 1. The van der Waals surface area contributed by atoms with Crippen LogP contribution in [0.1, 0.15) is 64.7 Å². The van der Waals surface area contributed by atoms with Crippen LogP contribution in [0.15, 0.2) is 0 Å². The van der Waals surface area contributed by atoms with Crippen LogP contribution in [-0.4, -0.2) is 17.5 Å². The van der Waals surface area contributed by atoms with Gasteiger partial charge in [-0.25, -0.2) is 0 Å². The molecule has 18 heavy (non-hydrogen) atoms. The summed E-state index contributed by atoms with van der Waals surface area (Å²) in [5.41, 5.74) is 6.22. The van der Waals surface area contributed by atoms with E-state index in [9.17, 15) is 4.79 Å². The zero-order chi connectivity index (χ0) is 12.3. The average Bonchev–Trinajstić information content (AvgIpc) is 2.27. The second-order valence-electron chi connectivity index (χ2n) is 5.95. The van der Waals surface area contributed by atoms with Gasteiger partial charge in [-0.3, -0.25) is 4.79 Å². The Labute approximate surface area is 117 Å². The van der Waals surface area contributed by atoms with E-state index in [2.05, 4.69) is 12.2 Å². The van der Waals surface area contributed by atoms with Crippen LogP contribution < -0.4 is 11.1 Å². The van der Waals surface area contributed by atoms with Crippen molar-refractivity contribution < 1.29 is 4.79 Å². The summed E-state index contributed by atoms with van der Waals surface area (Å²) in [6, 6.07) is 0.244. The van der Waals surface area contributed by atoms with E-state index in [1.165, 1.54) is 19.3 Å². The Balaban J connectivity index is 0.00000162. The van der Waals surface area contributed by atoms with Gasteiger partial charge in [0.2, 0.25) is 5.91 Å². The van der Waals surface area contributed by atoms with Gasteiger partial charge in [-0.2, -0.15) is 0 Å². The molecular weight excluding hydrogens is 248 g/mol. The number of nitrogens with one attached hydrogen (secondary N) is 1. The molecule has 2 aliphatic rings. The Morgan fingerprint density at radius 2 is 1.94 bits per heavy atom. The molecule has 2 unspecified atom stereocenters. The lowest BCUT2D eigenvalue weighted by atomic mass is 9.74. The monoisotopic (exact) mass is 274 g/mol. The zero-order valence-corrected chi connectivity index (χ0v) is 12.2. The Morgan fingerprint density at radius 3 is 2.44 bits per heavy atom. The highest BCUT2D eigenvalue weighted by Crippen LogP contribution is 2.35. The summed E-state index contributed by atoms with van der Waals surface area (Å²) in [6.45, 7) is 2.17. The lowest BCUT2D eigenvalue weighted by molar-refractivity contribution is -0.125. The predicted molar refractivity (Wildman–Crippen MR) is 76.8 cm³/mol. The second-order valence-corrected chi connectivity index (χ2v) is 5.95. The molecule has 0 aromatic carbocycles. The van der Waals surface area contributed by atoms with E-state index >= 15 is 0 Å². The summed E-state index contributed by atoms with van der Waals surface area (Å²) in [5, 5.41) is 3.25. The van der Waals surface area contributed by atoms with Crippen LogP contribution in [0.4, 0.5) is 0 Å². The smallest absolute Gasteiger partial charge is 0.220 e. The number of carbonyl (C=O) groups is 1. The lowest BCUT2D eigenvalue weighted by Gasteiger charge is -2.42. The molecule has 1 amide bonds. The molecule has 3 N–H and O–H groups in total. The minimum absolute atomic E-state index is 0. The number of halogens is 1. The van der Waals surface area contributed by atoms with Crippen molar-refractivity contribution in [1.29, 1.82) is 0 Å². The SMILES string of the molecule is CCC1(NC(=O)CC2CCCCC2N)CCC1.Cl. The molecule has 2 saturated carbocycles. The van der Waals surface area contributed by atoms with Crippen LogP contribution in [0.5, 0.6) is 0 Å². The van der Waals surface area contributed by atoms with Gasteiger partial charge < -0.3 is 11.1 Å². The number of amides is 1. The number of rotatable bonds is 4. The minimum Gasteiger partial charge on any atom is -0.351 e. The van der Waals surface area contributed by atoms with Crippen LogP contribution in [0.2, 0.25) is 0 Å². The molecule has 0 saturated heterocycles. The first-order chi connectivity index (χ1) is 8.15. The van der Waals surface area contributed by atoms with Crippen LogP contribution in [-0.2, 0) is 4.79 Å². The van der Waals surface area contributed by atoms with Crippen molar-refractivity contribution in [3.63, 3.8) is 0 Å². The molecule has 0 radical (unpaired) electrons. The third kappa shape index (κ3) is 3.61. The second kappa shape index (κ2) is 6.76. The van der Waals surface area contributed by atoms with E-state index in [4.69, 9.17) is 5.73 Å². The van der Waals surface area contributed by atoms with Crippen molar-refractivity contribution in [3.05, 3.63) is 0 Å². The highest BCUT2D eigenvalue weighted by Gasteiger charge is 2.37. The number of hydrogen-bond acceptors (Lipinski definition) is 2. The first-order valence-electron chi connectivity index (χ1n) is 7.22. The number of hydrogen-bond donors (Lipinski definition) is 2. The van der Waals surface area contributed by atoms with Gasteiger partial charge in [-0.15, -0.1) is 12.4 Å². The molecule has 106 valence electrons. The van der Waals surface area contributed by atoms with Crippen LogP contribution >= 0.6 is 12.4 Å². The molecule has 2 aliphatic carbocycles. The van der Waals surface area contributed by atoms with Crippen molar-refractivity contribution in [2.45, 2.75) is 76.3 Å². The third-order valence-electron chi connectivity index (χ3n) is 4.81. The Kier molecular flexibility index (Phi) is 5.93. The normalized spacial score (nSPS) is 29.9. The quantitative estimate of drug-likeness (QED) is 0.828. The fourth-order valence-corrected chi connectivity index (χ4v) is 3.25. The van der Waals surface area contributed by atoms with Crippen molar-refractivity contribution in [2.24, 2.45) is 11.7 Å². The zero-order valence-electron chi connectivity index (χ0n) is 11.4. The summed E-state index contributed by atoms with van der Waals surface area (Å²) in [5.74, 6) is 0.645. The molecule has 4 heteroatoms. The van der Waals surface area contributed by atoms with Gasteiger partial charge in [-0.05, 0) is 44.4 Å². The first kappa shape index (κ1) is 15.8. The molecule has 0 aliphatic heterocycles. The maximum atomic E-state index is 12.1. The lowest BCUT2D eigenvalue weighted by Crippen LogP contribution is -2.53. The maximum absolute atomic E-state index is 12.1. The summed E-state index contributed by atoms with van der Waals surface area (Å²) >= 11 is 0. The number of carbonyl (C=O) groups excluding carboxylic acids is 1. The summed E-state index contributed by atoms with van der Waals surface area (Å²) in [6.07, 6.45) is 9.99. The van der Waals surface area contributed by atoms with E-state index < -0.39 is 0 Å². The van der Waals surface area contributed by atoms with Crippen molar-refractivity contribution in [1.82, 2.24) is 5.32 Å². The Morgan fingerprint density at radius 1 is 1.28 bits per heavy atom. The highest BCUT2D eigenvalue weighted by atomic mass is 35.5. The molecule has 2 atom stereocenters. The largest absolute Gasteiger partial charge is 0.351 e. The molecule has 0 aromatic rings. The van der Waals surface area contributed by atoms with Crippen LogP contribution in [0.25, 0.3) is 0 Å². The van der Waals surface area contributed by atoms with Gasteiger partial charge in [-0.1, -0.05) is 19.8 Å². The van der Waals surface area contributed by atoms with Crippen LogP contribution in [0, 0.1) is 5.92 Å². The minimum atomic E-state index is 0. The van der Waals surface area contributed by atoms with Gasteiger partial charge in [0.15, 0.2) is 0 Å². The van der Waals surface area contributed by atoms with Crippen molar-refractivity contribution in [3.8, 4) is 0 Å². The molecule has 0 aromatic heterocycles. The molecular formula is C14H27ClN2O. The standard InChI is InChI=1S/C14H26N2O.ClH/c1-2-14(8-5-9-14)16-13(17)10-11-6-3-4-7-12(11)15;/h11-12H,2-10,15H2,1H3,(H,16,17);1H. The third-order valence-corrected chi connectivity index (χ3v) is 4.81. The van der Waals surface area contributed by atoms with Crippen LogP contribution in [0.3, 0.4) is 0 Å². The fourth-order valence-electron chi connectivity index (χ4n) is 3.25. The Bertz CT molecular complexity index is 273. The molecule has 3 nitrogen and oxygen atoms in total. The predicted octanol–water partition coefficient (Wildman–Crippen LogP) is 2.76. The summed E-state index contributed by atoms with van der Waals surface area (Å²) in [4.78, 5) is 12.1. The maximum Gasteiger partial charge on any atom is 0.220 e. The Hall–Kier alpha value is -0.280. The van der Waals surface area contributed by atoms with Gasteiger partial charge in [0.25, 0.3) is 0 Å². The summed E-state index contributed by atoms with van der Waals surface area (Å²) in [7, 11) is 0. The molecule has 2 rings (SSSR count). The molecule has 0 heterocycles. The van der Waals surface area contributed by atoms with Crippen molar-refractivity contribution >= 4 is 18.3 Å². The van der Waals surface area contributed by atoms with Crippen molar-refractivity contribution in [2.75, 3.05) is 0 Å². The van der Waals surface area contributed by atoms with E-state index in [1.807, 2.05) is 0 Å². The van der Waals surface area contributed by atoms with E-state index in [0.717, 1.165) is 32.1 Å². The highest BCUT2D eigenvalue weighted by molar-refractivity contribution is 5.85. The fraction of sp³-hybridized carbons (Fsp3) is 0.929.